The van der Waals surface area contributed by atoms with Crippen molar-refractivity contribution in [2.24, 2.45) is 5.41 Å². The Bertz CT molecular complexity index is 329. The summed E-state index contributed by atoms with van der Waals surface area (Å²) >= 11 is 0. The first kappa shape index (κ1) is 15.8. The van der Waals surface area contributed by atoms with Gasteiger partial charge < -0.3 is 20.1 Å². The van der Waals surface area contributed by atoms with E-state index in [0.29, 0.717) is 13.0 Å². The maximum atomic E-state index is 11.9. The molecule has 0 aromatic heterocycles. The fourth-order valence-corrected chi connectivity index (χ4v) is 1.93. The monoisotopic (exact) mass is 272 g/mol. The summed E-state index contributed by atoms with van der Waals surface area (Å²) in [7, 11) is 1.70. The molecule has 6 heteroatoms. The second kappa shape index (κ2) is 6.75. The molecule has 2 unspecified atom stereocenters. The van der Waals surface area contributed by atoms with Crippen LogP contribution in [0.15, 0.2) is 0 Å². The number of aliphatic carboxylic acids is 1. The van der Waals surface area contributed by atoms with Crippen LogP contribution in [0.5, 0.6) is 0 Å². The van der Waals surface area contributed by atoms with Crippen molar-refractivity contribution in [1.29, 1.82) is 0 Å². The number of amides is 2. The summed E-state index contributed by atoms with van der Waals surface area (Å²) in [6.45, 7) is 4.87. The lowest BCUT2D eigenvalue weighted by Gasteiger charge is -2.26. The third-order valence-electron chi connectivity index (χ3n) is 3.77. The third kappa shape index (κ3) is 4.38. The summed E-state index contributed by atoms with van der Waals surface area (Å²) in [5, 5.41) is 11.8. The molecule has 0 aliphatic carbocycles. The van der Waals surface area contributed by atoms with Crippen LogP contribution in [0.25, 0.3) is 0 Å². The van der Waals surface area contributed by atoms with Gasteiger partial charge in [0, 0.05) is 26.7 Å². The number of carbonyl (C=O) groups is 2. The third-order valence-corrected chi connectivity index (χ3v) is 3.77. The zero-order valence-corrected chi connectivity index (χ0v) is 11.9. The van der Waals surface area contributed by atoms with Crippen molar-refractivity contribution in [2.45, 2.75) is 39.2 Å². The van der Waals surface area contributed by atoms with Crippen LogP contribution in [0, 0.1) is 5.41 Å². The van der Waals surface area contributed by atoms with E-state index in [0.717, 1.165) is 19.4 Å². The van der Waals surface area contributed by atoms with Crippen molar-refractivity contribution in [3.8, 4) is 0 Å². The number of nitrogens with one attached hydrogen (secondary N) is 1. The molecule has 0 bridgehead atoms. The highest BCUT2D eigenvalue weighted by atomic mass is 16.5. The average molecular weight is 272 g/mol. The van der Waals surface area contributed by atoms with E-state index in [2.05, 4.69) is 5.32 Å². The summed E-state index contributed by atoms with van der Waals surface area (Å²) in [6, 6.07) is -0.253. The van der Waals surface area contributed by atoms with Crippen molar-refractivity contribution in [1.82, 2.24) is 10.2 Å². The van der Waals surface area contributed by atoms with Gasteiger partial charge in [-0.25, -0.2) is 4.79 Å². The summed E-state index contributed by atoms with van der Waals surface area (Å²) in [6.07, 6.45) is 2.58. The smallest absolute Gasteiger partial charge is 0.317 e. The van der Waals surface area contributed by atoms with Crippen LogP contribution in [0.4, 0.5) is 4.79 Å². The number of carbonyl (C=O) groups excluding carboxylic acids is 1. The Morgan fingerprint density at radius 2 is 2.21 bits per heavy atom. The molecule has 1 fully saturated rings. The summed E-state index contributed by atoms with van der Waals surface area (Å²) in [5.74, 6) is -0.892. The van der Waals surface area contributed by atoms with Gasteiger partial charge in [-0.05, 0) is 26.2 Å². The minimum atomic E-state index is -0.916. The summed E-state index contributed by atoms with van der Waals surface area (Å²) < 4.78 is 5.46. The van der Waals surface area contributed by atoms with Gasteiger partial charge in [0.05, 0.1) is 11.5 Å². The van der Waals surface area contributed by atoms with Crippen molar-refractivity contribution < 1.29 is 19.4 Å². The first-order valence-electron chi connectivity index (χ1n) is 6.73. The zero-order valence-electron chi connectivity index (χ0n) is 11.9. The molecule has 2 amide bonds. The molecule has 110 valence electrons. The highest BCUT2D eigenvalue weighted by Gasteiger charge is 2.32. The van der Waals surface area contributed by atoms with E-state index >= 15 is 0 Å². The predicted molar refractivity (Wildman–Crippen MR) is 71.0 cm³/mol. The molecular formula is C13H24N2O4. The molecule has 0 aromatic carbocycles. The molecular weight excluding hydrogens is 248 g/mol. The molecule has 0 radical (unpaired) electrons. The second-order valence-corrected chi connectivity index (χ2v) is 5.39. The van der Waals surface area contributed by atoms with E-state index in [1.54, 1.807) is 25.8 Å². The lowest BCUT2D eigenvalue weighted by atomic mass is 9.88. The Kier molecular flexibility index (Phi) is 5.60. The van der Waals surface area contributed by atoms with Gasteiger partial charge in [0.2, 0.25) is 0 Å². The quantitative estimate of drug-likeness (QED) is 0.764. The highest BCUT2D eigenvalue weighted by molar-refractivity contribution is 5.77. The van der Waals surface area contributed by atoms with Gasteiger partial charge in [-0.3, -0.25) is 4.79 Å². The molecule has 1 aliphatic rings. The number of nitrogens with zero attached hydrogens (tertiary/aromatic N) is 1. The Morgan fingerprint density at radius 3 is 2.68 bits per heavy atom. The molecule has 1 heterocycles. The first-order valence-corrected chi connectivity index (χ1v) is 6.73. The van der Waals surface area contributed by atoms with Gasteiger partial charge in [-0.15, -0.1) is 0 Å². The number of hydrogen-bond acceptors (Lipinski definition) is 3. The number of urea groups is 1. The first-order chi connectivity index (χ1) is 8.89. The molecule has 19 heavy (non-hydrogen) atoms. The molecule has 1 aliphatic heterocycles. The van der Waals surface area contributed by atoms with Crippen LogP contribution in [-0.2, 0) is 9.53 Å². The van der Waals surface area contributed by atoms with Crippen molar-refractivity contribution >= 4 is 12.0 Å². The van der Waals surface area contributed by atoms with Gasteiger partial charge in [-0.1, -0.05) is 6.92 Å². The van der Waals surface area contributed by atoms with Gasteiger partial charge in [-0.2, -0.15) is 0 Å². The van der Waals surface area contributed by atoms with Crippen LogP contribution in [0.2, 0.25) is 0 Å². The number of likely N-dealkylation sites (N-methyl/N-ethyl adjacent to an activating group) is 1. The van der Waals surface area contributed by atoms with Crippen LogP contribution in [0.1, 0.15) is 33.1 Å². The molecule has 0 aromatic rings. The fourth-order valence-electron chi connectivity index (χ4n) is 1.93. The average Bonchev–Trinajstić information content (AvgIpc) is 2.87. The van der Waals surface area contributed by atoms with Crippen molar-refractivity contribution in [3.05, 3.63) is 0 Å². The maximum absolute atomic E-state index is 11.9. The topological polar surface area (TPSA) is 78.9 Å². The van der Waals surface area contributed by atoms with Crippen LogP contribution < -0.4 is 5.32 Å². The fraction of sp³-hybridized carbons (Fsp3) is 0.846. The van der Waals surface area contributed by atoms with E-state index in [1.165, 1.54) is 0 Å². The number of ether oxygens (including phenoxy) is 1. The normalized spacial score (nSPS) is 21.7. The Balaban J connectivity index is 2.39. The number of rotatable bonds is 6. The van der Waals surface area contributed by atoms with E-state index in [-0.39, 0.29) is 18.7 Å². The van der Waals surface area contributed by atoms with E-state index in [4.69, 9.17) is 9.84 Å². The molecule has 0 spiro atoms. The van der Waals surface area contributed by atoms with Crippen molar-refractivity contribution in [3.63, 3.8) is 0 Å². The summed E-state index contributed by atoms with van der Waals surface area (Å²) in [4.78, 5) is 24.6. The SMILES string of the molecule is CCC(C)(CNC(=O)N(C)CC1CCCO1)C(=O)O. The second-order valence-electron chi connectivity index (χ2n) is 5.39. The Labute approximate surface area is 114 Å². The molecule has 2 atom stereocenters. The van der Waals surface area contributed by atoms with E-state index in [1.807, 2.05) is 0 Å². The number of carboxylic acids is 1. The largest absolute Gasteiger partial charge is 0.481 e. The molecule has 6 nitrogen and oxygen atoms in total. The lowest BCUT2D eigenvalue weighted by molar-refractivity contribution is -0.147. The Morgan fingerprint density at radius 1 is 1.53 bits per heavy atom. The Hall–Kier alpha value is -1.30. The van der Waals surface area contributed by atoms with Crippen LogP contribution in [-0.4, -0.2) is 54.9 Å². The zero-order chi connectivity index (χ0) is 14.5. The summed E-state index contributed by atoms with van der Waals surface area (Å²) in [5.41, 5.74) is -0.916. The van der Waals surface area contributed by atoms with E-state index < -0.39 is 11.4 Å². The van der Waals surface area contributed by atoms with E-state index in [9.17, 15) is 9.59 Å². The highest BCUT2D eigenvalue weighted by Crippen LogP contribution is 2.20. The molecule has 2 N–H and O–H groups in total. The van der Waals surface area contributed by atoms with Gasteiger partial charge >= 0.3 is 12.0 Å². The molecule has 1 saturated heterocycles. The lowest BCUT2D eigenvalue weighted by Crippen LogP contribution is -2.46. The minimum Gasteiger partial charge on any atom is -0.481 e. The maximum Gasteiger partial charge on any atom is 0.317 e. The standard InChI is InChI=1S/C13H24N2O4/c1-4-13(2,11(16)17)9-14-12(18)15(3)8-10-6-5-7-19-10/h10H,4-9H2,1-3H3,(H,14,18)(H,16,17). The van der Waals surface area contributed by atoms with Crippen LogP contribution in [0.3, 0.4) is 0 Å². The predicted octanol–water partition coefficient (Wildman–Crippen LogP) is 1.31. The number of hydrogen-bond donors (Lipinski definition) is 2. The van der Waals surface area contributed by atoms with Crippen molar-refractivity contribution in [2.75, 3.05) is 26.7 Å². The van der Waals surface area contributed by atoms with Gasteiger partial charge in [0.1, 0.15) is 0 Å². The molecule has 0 saturated carbocycles. The molecule has 1 rings (SSSR count). The van der Waals surface area contributed by atoms with Crippen LogP contribution >= 0.6 is 0 Å². The number of carboxylic acid groups (broad SMARTS) is 1. The minimum absolute atomic E-state index is 0.104. The van der Waals surface area contributed by atoms with Gasteiger partial charge in [0.25, 0.3) is 0 Å². The van der Waals surface area contributed by atoms with Gasteiger partial charge in [0.15, 0.2) is 0 Å².